The molecule has 2 saturated heterocycles. The normalized spacial score (nSPS) is 22.5. The van der Waals surface area contributed by atoms with Crippen LogP contribution in [-0.2, 0) is 14.2 Å². The van der Waals surface area contributed by atoms with Crippen molar-refractivity contribution in [3.8, 4) is 5.75 Å². The van der Waals surface area contributed by atoms with E-state index >= 15 is 0 Å². The third-order valence-corrected chi connectivity index (χ3v) is 4.53. The Hall–Kier alpha value is -1.63. The van der Waals surface area contributed by atoms with Gasteiger partial charge in [0, 0.05) is 19.0 Å². The molecule has 0 N–H and O–H groups in total. The third kappa shape index (κ3) is 4.47. The van der Waals surface area contributed by atoms with E-state index in [-0.39, 0.29) is 12.3 Å². The monoisotopic (exact) mass is 335 g/mol. The number of ether oxygens (including phenoxy) is 4. The van der Waals surface area contributed by atoms with Gasteiger partial charge in [-0.05, 0) is 43.7 Å². The van der Waals surface area contributed by atoms with Gasteiger partial charge in [-0.3, -0.25) is 4.90 Å². The van der Waals surface area contributed by atoms with E-state index in [0.717, 1.165) is 31.8 Å². The Bertz CT molecular complexity index is 527. The maximum atomic E-state index is 11.4. The van der Waals surface area contributed by atoms with Gasteiger partial charge in [0.05, 0.1) is 25.9 Å². The van der Waals surface area contributed by atoms with Gasteiger partial charge >= 0.3 is 5.97 Å². The number of benzene rings is 1. The van der Waals surface area contributed by atoms with Crippen molar-refractivity contribution in [2.45, 2.75) is 19.1 Å². The van der Waals surface area contributed by atoms with Crippen LogP contribution in [0.4, 0.5) is 0 Å². The lowest BCUT2D eigenvalue weighted by atomic mass is 9.97. The van der Waals surface area contributed by atoms with Gasteiger partial charge in [0.15, 0.2) is 6.29 Å². The number of piperidine rings is 1. The van der Waals surface area contributed by atoms with Crippen molar-refractivity contribution in [3.05, 3.63) is 29.8 Å². The first kappa shape index (κ1) is 17.2. The van der Waals surface area contributed by atoms with Crippen molar-refractivity contribution in [2.24, 2.45) is 5.92 Å². The van der Waals surface area contributed by atoms with Crippen LogP contribution in [0.2, 0.25) is 0 Å². The zero-order valence-corrected chi connectivity index (χ0v) is 14.1. The number of hydrogen-bond acceptors (Lipinski definition) is 6. The first-order chi connectivity index (χ1) is 11.8. The number of rotatable bonds is 6. The summed E-state index contributed by atoms with van der Waals surface area (Å²) in [5.74, 6) is 0.886. The van der Waals surface area contributed by atoms with Crippen molar-refractivity contribution >= 4 is 5.97 Å². The Morgan fingerprint density at radius 3 is 2.71 bits per heavy atom. The Labute approximate surface area is 142 Å². The van der Waals surface area contributed by atoms with Crippen LogP contribution in [-0.4, -0.2) is 63.7 Å². The molecule has 2 aliphatic rings. The smallest absolute Gasteiger partial charge is 0.337 e. The van der Waals surface area contributed by atoms with Crippen LogP contribution in [0.5, 0.6) is 5.75 Å². The molecular weight excluding hydrogens is 310 g/mol. The molecule has 0 aromatic heterocycles. The van der Waals surface area contributed by atoms with Crippen LogP contribution in [0.3, 0.4) is 0 Å². The summed E-state index contributed by atoms with van der Waals surface area (Å²) in [4.78, 5) is 13.8. The standard InChI is InChI=1S/C18H25NO5/c1-21-17(20)14-4-6-16(7-5-14)22-10-9-19-8-2-3-15(13-19)18-23-11-12-24-18/h4-7,15,18H,2-3,8-13H2,1H3. The maximum absolute atomic E-state index is 11.4. The van der Waals surface area contributed by atoms with Crippen LogP contribution in [0, 0.1) is 5.92 Å². The lowest BCUT2D eigenvalue weighted by Gasteiger charge is -2.34. The molecule has 24 heavy (non-hydrogen) atoms. The van der Waals surface area contributed by atoms with Crippen molar-refractivity contribution in [1.29, 1.82) is 0 Å². The Kier molecular flexibility index (Phi) is 6.07. The molecule has 1 atom stereocenters. The highest BCUT2D eigenvalue weighted by molar-refractivity contribution is 5.89. The molecule has 3 rings (SSSR count). The highest BCUT2D eigenvalue weighted by Crippen LogP contribution is 2.24. The molecule has 0 bridgehead atoms. The first-order valence-electron chi connectivity index (χ1n) is 8.53. The van der Waals surface area contributed by atoms with Gasteiger partial charge in [-0.25, -0.2) is 4.79 Å². The molecule has 132 valence electrons. The van der Waals surface area contributed by atoms with E-state index in [1.54, 1.807) is 24.3 Å². The first-order valence-corrected chi connectivity index (χ1v) is 8.53. The molecule has 6 heteroatoms. The van der Waals surface area contributed by atoms with E-state index in [2.05, 4.69) is 9.64 Å². The summed E-state index contributed by atoms with van der Waals surface area (Å²) in [6, 6.07) is 7.02. The van der Waals surface area contributed by atoms with E-state index in [9.17, 15) is 4.79 Å². The highest BCUT2D eigenvalue weighted by Gasteiger charge is 2.30. The number of esters is 1. The van der Waals surface area contributed by atoms with Gasteiger partial charge < -0.3 is 18.9 Å². The quantitative estimate of drug-likeness (QED) is 0.741. The van der Waals surface area contributed by atoms with Gasteiger partial charge in [-0.1, -0.05) is 0 Å². The second-order valence-electron chi connectivity index (χ2n) is 6.18. The number of carbonyl (C=O) groups is 1. The summed E-state index contributed by atoms with van der Waals surface area (Å²) in [7, 11) is 1.38. The van der Waals surface area contributed by atoms with E-state index in [0.29, 0.717) is 31.3 Å². The van der Waals surface area contributed by atoms with Crippen LogP contribution < -0.4 is 4.74 Å². The second-order valence-corrected chi connectivity index (χ2v) is 6.18. The molecule has 2 aliphatic heterocycles. The van der Waals surface area contributed by atoms with Gasteiger partial charge in [0.1, 0.15) is 12.4 Å². The number of hydrogen-bond donors (Lipinski definition) is 0. The van der Waals surface area contributed by atoms with E-state index in [1.165, 1.54) is 13.5 Å². The summed E-state index contributed by atoms with van der Waals surface area (Å²) in [5, 5.41) is 0. The summed E-state index contributed by atoms with van der Waals surface area (Å²) in [6.07, 6.45) is 2.30. The fourth-order valence-corrected chi connectivity index (χ4v) is 3.26. The molecular formula is C18H25NO5. The van der Waals surface area contributed by atoms with Gasteiger partial charge in [-0.15, -0.1) is 0 Å². The lowest BCUT2D eigenvalue weighted by Crippen LogP contribution is -2.42. The molecule has 0 spiro atoms. The fourth-order valence-electron chi connectivity index (χ4n) is 3.26. The minimum atomic E-state index is -0.336. The molecule has 0 amide bonds. The van der Waals surface area contributed by atoms with Crippen molar-refractivity contribution in [1.82, 2.24) is 4.90 Å². The molecule has 2 heterocycles. The molecule has 1 unspecified atom stereocenters. The number of carbonyl (C=O) groups excluding carboxylic acids is 1. The van der Waals surface area contributed by atoms with Gasteiger partial charge in [-0.2, -0.15) is 0 Å². The summed E-state index contributed by atoms with van der Waals surface area (Å²) < 4.78 is 21.7. The molecule has 1 aromatic carbocycles. The molecule has 6 nitrogen and oxygen atoms in total. The minimum absolute atomic E-state index is 0.0282. The Balaban J connectivity index is 1.41. The molecule has 2 fully saturated rings. The molecule has 1 aromatic rings. The van der Waals surface area contributed by atoms with Gasteiger partial charge in [0.2, 0.25) is 0 Å². The zero-order chi connectivity index (χ0) is 16.8. The highest BCUT2D eigenvalue weighted by atomic mass is 16.7. The van der Waals surface area contributed by atoms with Crippen LogP contribution in [0.1, 0.15) is 23.2 Å². The summed E-state index contributed by atoms with van der Waals surface area (Å²) >= 11 is 0. The van der Waals surface area contributed by atoms with Gasteiger partial charge in [0.25, 0.3) is 0 Å². The van der Waals surface area contributed by atoms with E-state index < -0.39 is 0 Å². The minimum Gasteiger partial charge on any atom is -0.492 e. The predicted molar refractivity (Wildman–Crippen MR) is 88.1 cm³/mol. The topological polar surface area (TPSA) is 57.2 Å². The van der Waals surface area contributed by atoms with Crippen LogP contribution in [0.25, 0.3) is 0 Å². The van der Waals surface area contributed by atoms with Crippen LogP contribution in [0.15, 0.2) is 24.3 Å². The second kappa shape index (κ2) is 8.46. The van der Waals surface area contributed by atoms with Crippen molar-refractivity contribution in [2.75, 3.05) is 46.6 Å². The molecule has 0 aliphatic carbocycles. The molecule has 0 saturated carbocycles. The molecule has 0 radical (unpaired) electrons. The van der Waals surface area contributed by atoms with E-state index in [4.69, 9.17) is 14.2 Å². The Morgan fingerprint density at radius 1 is 1.25 bits per heavy atom. The maximum Gasteiger partial charge on any atom is 0.337 e. The van der Waals surface area contributed by atoms with Crippen molar-refractivity contribution < 1.29 is 23.7 Å². The third-order valence-electron chi connectivity index (χ3n) is 4.53. The summed E-state index contributed by atoms with van der Waals surface area (Å²) in [5.41, 5.74) is 0.528. The van der Waals surface area contributed by atoms with E-state index in [1.807, 2.05) is 0 Å². The number of nitrogens with zero attached hydrogens (tertiary/aromatic N) is 1. The lowest BCUT2D eigenvalue weighted by molar-refractivity contribution is -0.100. The zero-order valence-electron chi connectivity index (χ0n) is 14.1. The average Bonchev–Trinajstić information content (AvgIpc) is 3.17. The Morgan fingerprint density at radius 2 is 2.00 bits per heavy atom. The number of likely N-dealkylation sites (tertiary alicyclic amines) is 1. The SMILES string of the molecule is COC(=O)c1ccc(OCCN2CCCC(C3OCCO3)C2)cc1. The largest absolute Gasteiger partial charge is 0.492 e. The predicted octanol–water partition coefficient (Wildman–Crippen LogP) is 1.94. The summed E-state index contributed by atoms with van der Waals surface area (Å²) in [6.45, 7) is 5.01. The average molecular weight is 335 g/mol. The fraction of sp³-hybridized carbons (Fsp3) is 0.611. The number of methoxy groups -OCH3 is 1. The van der Waals surface area contributed by atoms with Crippen molar-refractivity contribution in [3.63, 3.8) is 0 Å². The van der Waals surface area contributed by atoms with Crippen LogP contribution >= 0.6 is 0 Å².